The fraction of sp³-hybridized carbons (Fsp3) is 0.139. The molecule has 5 heteroatoms. The van der Waals surface area contributed by atoms with Crippen molar-refractivity contribution >= 4 is 51.2 Å². The molecule has 10 aromatic carbocycles. The standard InChI is InChI=1S/C36H36N2.C35H31N3.CH4/c1-27(25-30-13-23-36(24-14-30)38-34-11-7-4-8-12-34)32-17-19-33(20-18-32)28(2)37-35-21-15-31(16-22-35)26-29-9-5-3-6-10-29;1-26(36-33-19-13-29(14-20-33)25-28-9-5-3-6-10-28)30-15-17-31(18-16-30)27(2)37-34-21-23-35(24-22-34)38-32-11-7-4-8-12-32;/h3-24,27-28,37-38H,25-26H2,1-2H3;3-24,38H,25H2,1-2H3;1H4. The molecular formula is C72H71N5. The molecule has 77 heavy (non-hydrogen) atoms. The van der Waals surface area contributed by atoms with Gasteiger partial charge in [0.2, 0.25) is 0 Å². The minimum Gasteiger partial charge on any atom is -0.379 e. The first-order valence-electron chi connectivity index (χ1n) is 26.4. The van der Waals surface area contributed by atoms with E-state index in [4.69, 9.17) is 9.98 Å². The molecule has 2 unspecified atom stereocenters. The fourth-order valence-electron chi connectivity index (χ4n) is 9.18. The number of hydrogen-bond donors (Lipinski definition) is 3. The minimum atomic E-state index is 0. The highest BCUT2D eigenvalue weighted by Crippen LogP contribution is 2.27. The van der Waals surface area contributed by atoms with Crippen molar-refractivity contribution in [2.24, 2.45) is 9.98 Å². The van der Waals surface area contributed by atoms with Crippen LogP contribution in [0.15, 0.2) is 277 Å². The molecule has 2 atom stereocenters. The average molecular weight is 1010 g/mol. The molecular weight excluding hydrogens is 935 g/mol. The van der Waals surface area contributed by atoms with Gasteiger partial charge >= 0.3 is 0 Å². The van der Waals surface area contributed by atoms with Crippen LogP contribution in [0.5, 0.6) is 0 Å². The number of anilines is 5. The van der Waals surface area contributed by atoms with Crippen molar-refractivity contribution in [1.29, 1.82) is 0 Å². The van der Waals surface area contributed by atoms with Gasteiger partial charge in [-0.05, 0) is 181 Å². The maximum atomic E-state index is 4.84. The molecule has 0 saturated carbocycles. The Hall–Kier alpha value is -9.06. The zero-order valence-electron chi connectivity index (χ0n) is 44.1. The smallest absolute Gasteiger partial charge is 0.0634 e. The van der Waals surface area contributed by atoms with Gasteiger partial charge in [0, 0.05) is 45.9 Å². The van der Waals surface area contributed by atoms with E-state index in [1.165, 1.54) is 38.9 Å². The Morgan fingerprint density at radius 2 is 0.662 bits per heavy atom. The number of para-hydroxylation sites is 2. The van der Waals surface area contributed by atoms with Crippen molar-refractivity contribution in [3.63, 3.8) is 0 Å². The third kappa shape index (κ3) is 16.5. The van der Waals surface area contributed by atoms with E-state index in [-0.39, 0.29) is 13.5 Å². The molecule has 0 aromatic heterocycles. The van der Waals surface area contributed by atoms with Crippen LogP contribution < -0.4 is 16.0 Å². The van der Waals surface area contributed by atoms with Crippen LogP contribution in [-0.2, 0) is 19.3 Å². The lowest BCUT2D eigenvalue weighted by molar-refractivity contribution is 0.757. The van der Waals surface area contributed by atoms with Gasteiger partial charge in [-0.15, -0.1) is 0 Å². The molecule has 5 nitrogen and oxygen atoms in total. The fourth-order valence-corrected chi connectivity index (χ4v) is 9.18. The Labute approximate surface area is 458 Å². The van der Waals surface area contributed by atoms with E-state index < -0.39 is 0 Å². The Kier molecular flexibility index (Phi) is 19.3. The maximum Gasteiger partial charge on any atom is 0.0634 e. The second-order valence-electron chi connectivity index (χ2n) is 19.5. The summed E-state index contributed by atoms with van der Waals surface area (Å²) in [6.45, 7) is 8.63. The van der Waals surface area contributed by atoms with E-state index in [0.29, 0.717) is 5.92 Å². The molecule has 10 aromatic rings. The molecule has 0 spiro atoms. The van der Waals surface area contributed by atoms with Gasteiger partial charge in [0.1, 0.15) is 0 Å². The number of benzene rings is 10. The first-order chi connectivity index (χ1) is 37.2. The monoisotopic (exact) mass is 1010 g/mol. The summed E-state index contributed by atoms with van der Waals surface area (Å²) in [7, 11) is 0. The lowest BCUT2D eigenvalue weighted by Gasteiger charge is -2.18. The summed E-state index contributed by atoms with van der Waals surface area (Å²) in [5.74, 6) is 0.456. The van der Waals surface area contributed by atoms with Crippen LogP contribution in [-0.4, -0.2) is 11.4 Å². The largest absolute Gasteiger partial charge is 0.379 e. The lowest BCUT2D eigenvalue weighted by Crippen LogP contribution is -2.07. The maximum absolute atomic E-state index is 4.84. The van der Waals surface area contributed by atoms with E-state index in [2.05, 4.69) is 249 Å². The second-order valence-corrected chi connectivity index (χ2v) is 19.5. The third-order valence-electron chi connectivity index (χ3n) is 13.6. The summed E-state index contributed by atoms with van der Waals surface area (Å²) in [5.41, 5.74) is 20.8. The number of aliphatic imine (C=N–C) groups is 2. The molecule has 0 aliphatic rings. The summed E-state index contributed by atoms with van der Waals surface area (Å²) in [4.78, 5) is 9.65. The first-order valence-corrected chi connectivity index (χ1v) is 26.4. The Morgan fingerprint density at radius 3 is 1.10 bits per heavy atom. The topological polar surface area (TPSA) is 60.8 Å². The van der Waals surface area contributed by atoms with Crippen molar-refractivity contribution in [2.75, 3.05) is 16.0 Å². The van der Waals surface area contributed by atoms with Crippen LogP contribution in [0.25, 0.3) is 0 Å². The molecule has 0 aliphatic heterocycles. The van der Waals surface area contributed by atoms with Gasteiger partial charge in [-0.3, -0.25) is 9.98 Å². The quantitative estimate of drug-likeness (QED) is 0.0751. The van der Waals surface area contributed by atoms with Crippen molar-refractivity contribution in [1.82, 2.24) is 0 Å². The number of nitrogens with zero attached hydrogens (tertiary/aromatic N) is 2. The zero-order chi connectivity index (χ0) is 52.3. The lowest BCUT2D eigenvalue weighted by atomic mass is 9.92. The van der Waals surface area contributed by atoms with Gasteiger partial charge in [-0.1, -0.05) is 196 Å². The van der Waals surface area contributed by atoms with Gasteiger partial charge in [-0.2, -0.15) is 0 Å². The SMILES string of the molecule is C.CC(=Nc1ccc(Cc2ccccc2)cc1)c1ccc(C(C)=Nc2ccc(Nc3ccccc3)cc2)cc1.CC(Cc1ccc(Nc2ccccc2)cc1)c1ccc(C(C)Nc2ccc(Cc3ccccc3)cc2)cc1. The molecule has 0 fully saturated rings. The normalized spacial score (nSPS) is 12.0. The molecule has 0 amide bonds. The van der Waals surface area contributed by atoms with Crippen molar-refractivity contribution < 1.29 is 0 Å². The van der Waals surface area contributed by atoms with Crippen LogP contribution in [0.3, 0.4) is 0 Å². The number of rotatable bonds is 18. The average Bonchev–Trinajstić information content (AvgIpc) is 3.46. The van der Waals surface area contributed by atoms with Crippen LogP contribution >= 0.6 is 0 Å². The Bertz CT molecular complexity index is 3140. The molecule has 0 bridgehead atoms. The third-order valence-corrected chi connectivity index (χ3v) is 13.6. The van der Waals surface area contributed by atoms with Gasteiger partial charge in [0.25, 0.3) is 0 Å². The van der Waals surface area contributed by atoms with Crippen LogP contribution in [0.4, 0.5) is 39.8 Å². The highest BCUT2D eigenvalue weighted by Gasteiger charge is 2.11. The molecule has 0 saturated heterocycles. The van der Waals surface area contributed by atoms with Gasteiger partial charge in [0.05, 0.1) is 11.4 Å². The summed E-state index contributed by atoms with van der Waals surface area (Å²) < 4.78 is 0. The molecule has 10 rings (SSSR count). The van der Waals surface area contributed by atoms with Crippen LogP contribution in [0.1, 0.15) is 97.2 Å². The van der Waals surface area contributed by atoms with E-state index in [0.717, 1.165) is 81.6 Å². The predicted octanol–water partition coefficient (Wildman–Crippen LogP) is 19.5. The van der Waals surface area contributed by atoms with Crippen LogP contribution in [0.2, 0.25) is 0 Å². The molecule has 0 radical (unpaired) electrons. The summed E-state index contributed by atoms with van der Waals surface area (Å²) in [6.07, 6.45) is 2.92. The number of hydrogen-bond acceptors (Lipinski definition) is 5. The Morgan fingerprint density at radius 1 is 0.338 bits per heavy atom. The summed E-state index contributed by atoms with van der Waals surface area (Å²) in [5, 5.41) is 10.5. The zero-order valence-corrected chi connectivity index (χ0v) is 44.1. The second kappa shape index (κ2) is 27.5. The van der Waals surface area contributed by atoms with Crippen LogP contribution in [0, 0.1) is 0 Å². The molecule has 0 heterocycles. The first kappa shape index (κ1) is 54.2. The van der Waals surface area contributed by atoms with Gasteiger partial charge < -0.3 is 16.0 Å². The van der Waals surface area contributed by atoms with E-state index in [9.17, 15) is 0 Å². The molecule has 0 aliphatic carbocycles. The van der Waals surface area contributed by atoms with Gasteiger partial charge in [0.15, 0.2) is 0 Å². The minimum absolute atomic E-state index is 0. The van der Waals surface area contributed by atoms with E-state index >= 15 is 0 Å². The van der Waals surface area contributed by atoms with E-state index in [1.807, 2.05) is 61.5 Å². The predicted molar refractivity (Wildman–Crippen MR) is 331 cm³/mol. The molecule has 3 N–H and O–H groups in total. The van der Waals surface area contributed by atoms with Crippen molar-refractivity contribution in [3.05, 3.63) is 317 Å². The highest BCUT2D eigenvalue weighted by molar-refractivity contribution is 6.03. The van der Waals surface area contributed by atoms with Gasteiger partial charge in [-0.25, -0.2) is 0 Å². The Balaban J connectivity index is 0.000000201. The van der Waals surface area contributed by atoms with E-state index in [1.54, 1.807) is 0 Å². The summed E-state index contributed by atoms with van der Waals surface area (Å²) in [6, 6.07) is 93.7. The van der Waals surface area contributed by atoms with Crippen molar-refractivity contribution in [3.8, 4) is 0 Å². The molecule has 384 valence electrons. The summed E-state index contributed by atoms with van der Waals surface area (Å²) >= 11 is 0. The van der Waals surface area contributed by atoms with Crippen molar-refractivity contribution in [2.45, 2.75) is 66.3 Å². The number of nitrogens with one attached hydrogen (secondary N) is 3. The highest BCUT2D eigenvalue weighted by atomic mass is 14.9.